The first-order valence-electron chi connectivity index (χ1n) is 9.59. The number of unbranched alkanes of at least 4 members (excludes halogenated alkanes) is 1. The van der Waals surface area contributed by atoms with Gasteiger partial charge in [0.2, 0.25) is 5.91 Å². The van der Waals surface area contributed by atoms with E-state index in [0.29, 0.717) is 12.8 Å². The van der Waals surface area contributed by atoms with Crippen LogP contribution in [-0.4, -0.2) is 70.9 Å². The number of rotatable bonds is 15. The fraction of sp³-hybridized carbons (Fsp3) is 0.737. The zero-order chi connectivity index (χ0) is 20.9. The monoisotopic (exact) mass is 386 g/mol. The number of quaternary nitrogens is 1. The molecule has 0 heterocycles. The molecule has 3 unspecified atom stereocenters. The van der Waals surface area contributed by atoms with E-state index in [9.17, 15) is 29.7 Å². The van der Waals surface area contributed by atoms with Crippen molar-refractivity contribution in [1.29, 1.82) is 0 Å². The van der Waals surface area contributed by atoms with Crippen LogP contribution in [0.5, 0.6) is 0 Å². The van der Waals surface area contributed by atoms with Crippen LogP contribution in [0.2, 0.25) is 0 Å². The third-order valence-electron chi connectivity index (χ3n) is 4.95. The maximum atomic E-state index is 12.0. The van der Waals surface area contributed by atoms with Crippen LogP contribution >= 0.6 is 0 Å². The molecule has 3 atom stereocenters. The van der Waals surface area contributed by atoms with Gasteiger partial charge in [-0.25, -0.2) is 4.79 Å². The van der Waals surface area contributed by atoms with Gasteiger partial charge in [-0.1, -0.05) is 26.0 Å². The van der Waals surface area contributed by atoms with Crippen LogP contribution in [0.15, 0.2) is 12.2 Å². The second kappa shape index (κ2) is 13.3. The van der Waals surface area contributed by atoms with Gasteiger partial charge in [0.15, 0.2) is 6.04 Å². The molecule has 8 heteroatoms. The molecule has 0 aliphatic carbocycles. The van der Waals surface area contributed by atoms with E-state index in [1.165, 1.54) is 0 Å². The number of carboxylic acid groups (broad SMARTS) is 2. The minimum atomic E-state index is -1.34. The quantitative estimate of drug-likeness (QED) is 0.207. The summed E-state index contributed by atoms with van der Waals surface area (Å²) in [6.07, 6.45) is 6.11. The van der Waals surface area contributed by atoms with E-state index in [1.54, 1.807) is 13.8 Å². The molecule has 0 aromatic carbocycles. The highest BCUT2D eigenvalue weighted by atomic mass is 16.4. The Labute approximate surface area is 161 Å². The van der Waals surface area contributed by atoms with Crippen molar-refractivity contribution in [3.05, 3.63) is 12.2 Å². The van der Waals surface area contributed by atoms with Gasteiger partial charge in [-0.3, -0.25) is 4.79 Å². The number of aliphatic hydroxyl groups is 1. The molecule has 3 N–H and O–H groups in total. The topological polar surface area (TPSA) is 127 Å². The second-order valence-electron chi connectivity index (χ2n) is 6.59. The van der Waals surface area contributed by atoms with Crippen LogP contribution in [0.25, 0.3) is 0 Å². The lowest BCUT2D eigenvalue weighted by Crippen LogP contribution is -2.70. The SMILES string of the molecule is C/C=C/CCCC(=O)NCC[N+](CCO)(C(CC)C(=O)[O-])C(CC)C(=O)O. The lowest BCUT2D eigenvalue weighted by molar-refractivity contribution is -0.959. The predicted octanol–water partition coefficient (Wildman–Crippen LogP) is 0.0498. The summed E-state index contributed by atoms with van der Waals surface area (Å²) >= 11 is 0. The largest absolute Gasteiger partial charge is 0.544 e. The minimum absolute atomic E-state index is 0.0333. The lowest BCUT2D eigenvalue weighted by atomic mass is 10.0. The predicted molar refractivity (Wildman–Crippen MR) is 99.6 cm³/mol. The van der Waals surface area contributed by atoms with Crippen molar-refractivity contribution in [2.24, 2.45) is 0 Å². The smallest absolute Gasteiger partial charge is 0.362 e. The van der Waals surface area contributed by atoms with Gasteiger partial charge in [0.25, 0.3) is 0 Å². The summed E-state index contributed by atoms with van der Waals surface area (Å²) in [5.41, 5.74) is 0. The van der Waals surface area contributed by atoms with Crippen LogP contribution in [0.3, 0.4) is 0 Å². The third-order valence-corrected chi connectivity index (χ3v) is 4.95. The molecule has 156 valence electrons. The minimum Gasteiger partial charge on any atom is -0.544 e. The highest BCUT2D eigenvalue weighted by Crippen LogP contribution is 2.24. The molecule has 0 aliphatic heterocycles. The van der Waals surface area contributed by atoms with Crippen molar-refractivity contribution in [3.63, 3.8) is 0 Å². The number of nitrogens with zero attached hydrogens (tertiary/aromatic N) is 1. The Morgan fingerprint density at radius 3 is 2.22 bits per heavy atom. The number of aliphatic carboxylic acids is 2. The normalized spacial score (nSPS) is 15.9. The van der Waals surface area contributed by atoms with E-state index in [0.717, 1.165) is 6.42 Å². The molecular weight excluding hydrogens is 352 g/mol. The summed E-state index contributed by atoms with van der Waals surface area (Å²) in [6.45, 7) is 5.07. The maximum absolute atomic E-state index is 12.0. The Hall–Kier alpha value is -1.93. The van der Waals surface area contributed by atoms with Crippen LogP contribution < -0.4 is 10.4 Å². The van der Waals surface area contributed by atoms with E-state index < -0.39 is 24.0 Å². The van der Waals surface area contributed by atoms with Crippen LogP contribution in [0, 0.1) is 0 Å². The molecule has 0 aromatic rings. The Kier molecular flexibility index (Phi) is 12.3. The highest BCUT2D eigenvalue weighted by Gasteiger charge is 2.46. The van der Waals surface area contributed by atoms with E-state index in [4.69, 9.17) is 0 Å². The first-order valence-corrected chi connectivity index (χ1v) is 9.59. The molecule has 0 saturated carbocycles. The average Bonchev–Trinajstić information content (AvgIpc) is 2.59. The molecule has 8 nitrogen and oxygen atoms in total. The van der Waals surface area contributed by atoms with Gasteiger partial charge in [0.05, 0.1) is 25.7 Å². The Balaban J connectivity index is 5.31. The van der Waals surface area contributed by atoms with Crippen LogP contribution in [-0.2, 0) is 14.4 Å². The summed E-state index contributed by atoms with van der Waals surface area (Å²) in [7, 11) is 0. The van der Waals surface area contributed by atoms with Crippen molar-refractivity contribution in [1.82, 2.24) is 5.32 Å². The van der Waals surface area contributed by atoms with Gasteiger partial charge in [0.1, 0.15) is 12.6 Å². The Morgan fingerprint density at radius 1 is 1.15 bits per heavy atom. The second-order valence-corrected chi connectivity index (χ2v) is 6.59. The summed E-state index contributed by atoms with van der Waals surface area (Å²) in [6, 6.07) is -2.09. The lowest BCUT2D eigenvalue weighted by Gasteiger charge is -2.48. The molecular formula is C19H34N2O6. The van der Waals surface area contributed by atoms with Gasteiger partial charge in [-0.2, -0.15) is 0 Å². The molecule has 0 rings (SSSR count). The van der Waals surface area contributed by atoms with Crippen molar-refractivity contribution in [3.8, 4) is 0 Å². The van der Waals surface area contributed by atoms with Gasteiger partial charge in [-0.15, -0.1) is 0 Å². The number of carboxylic acids is 2. The van der Waals surface area contributed by atoms with Gasteiger partial charge in [-0.05, 0) is 19.8 Å². The van der Waals surface area contributed by atoms with Gasteiger partial charge < -0.3 is 29.9 Å². The number of nitrogens with one attached hydrogen (secondary N) is 1. The molecule has 0 fully saturated rings. The summed E-state index contributed by atoms with van der Waals surface area (Å²) in [5.74, 6) is -2.63. The average molecular weight is 386 g/mol. The van der Waals surface area contributed by atoms with Gasteiger partial charge >= 0.3 is 5.97 Å². The highest BCUT2D eigenvalue weighted by molar-refractivity contribution is 5.76. The van der Waals surface area contributed by atoms with E-state index >= 15 is 0 Å². The summed E-state index contributed by atoms with van der Waals surface area (Å²) in [4.78, 5) is 35.5. The zero-order valence-corrected chi connectivity index (χ0v) is 16.6. The molecule has 0 radical (unpaired) electrons. The van der Waals surface area contributed by atoms with Crippen LogP contribution in [0.1, 0.15) is 52.9 Å². The molecule has 0 aromatic heterocycles. The van der Waals surface area contributed by atoms with Crippen molar-refractivity contribution in [2.45, 2.75) is 65.0 Å². The number of aliphatic hydroxyl groups excluding tert-OH is 1. The van der Waals surface area contributed by atoms with E-state index in [2.05, 4.69) is 5.32 Å². The number of carbonyl (C=O) groups excluding carboxylic acids is 2. The standard InChI is InChI=1S/C19H34N2O6/c1-4-7-8-9-10-17(23)20-11-12-21(13-14-22,15(5-2)18(24)25)16(6-3)19(26)27/h4,7,15-16,22H,5-6,8-14H2,1-3H3,(H2-,20,23,24,25,26,27)/b7-4+. The number of hydrogen-bond acceptors (Lipinski definition) is 5. The van der Waals surface area contributed by atoms with Crippen molar-refractivity contribution >= 4 is 17.8 Å². The van der Waals surface area contributed by atoms with Crippen molar-refractivity contribution < 1.29 is 34.2 Å². The first-order chi connectivity index (χ1) is 12.8. The number of carbonyl (C=O) groups is 3. The number of amides is 1. The molecule has 27 heavy (non-hydrogen) atoms. The molecule has 0 aliphatic rings. The summed E-state index contributed by atoms with van der Waals surface area (Å²) in [5, 5.41) is 33.6. The molecule has 0 bridgehead atoms. The Morgan fingerprint density at radius 2 is 1.78 bits per heavy atom. The Bertz CT molecular complexity index is 484. The summed E-state index contributed by atoms with van der Waals surface area (Å²) < 4.78 is -0.347. The molecule has 0 spiro atoms. The number of hydrogen-bond donors (Lipinski definition) is 3. The zero-order valence-electron chi connectivity index (χ0n) is 16.6. The maximum Gasteiger partial charge on any atom is 0.362 e. The molecule has 1 amide bonds. The fourth-order valence-electron chi connectivity index (χ4n) is 3.68. The van der Waals surface area contributed by atoms with E-state index in [-0.39, 0.29) is 49.5 Å². The molecule has 0 saturated heterocycles. The number of allylic oxidation sites excluding steroid dienone is 2. The fourth-order valence-corrected chi connectivity index (χ4v) is 3.68. The van der Waals surface area contributed by atoms with Crippen LogP contribution in [0.4, 0.5) is 0 Å². The first kappa shape index (κ1) is 25.1. The third kappa shape index (κ3) is 7.68. The van der Waals surface area contributed by atoms with Crippen molar-refractivity contribution in [2.75, 3.05) is 26.2 Å². The van der Waals surface area contributed by atoms with Gasteiger partial charge in [0, 0.05) is 19.3 Å². The van der Waals surface area contributed by atoms with E-state index in [1.807, 2.05) is 19.1 Å².